The minimum atomic E-state index is -1.53. The molecule has 34 heavy (non-hydrogen) atoms. The SMILES string of the molecule is CC[Si](CC)(CC)C(C)(C)C(C)(C)c1cnc2c(n1)N(c1ccccc1)CN2c1ccccc1. The van der Waals surface area contributed by atoms with Gasteiger partial charge in [-0.2, -0.15) is 0 Å². The Morgan fingerprint density at radius 1 is 0.735 bits per heavy atom. The quantitative estimate of drug-likeness (QED) is 0.309. The van der Waals surface area contributed by atoms with Crippen molar-refractivity contribution in [1.29, 1.82) is 0 Å². The van der Waals surface area contributed by atoms with Gasteiger partial charge >= 0.3 is 0 Å². The van der Waals surface area contributed by atoms with E-state index in [0.29, 0.717) is 6.67 Å². The summed E-state index contributed by atoms with van der Waals surface area (Å²) >= 11 is 0. The molecule has 0 unspecified atom stereocenters. The van der Waals surface area contributed by atoms with Gasteiger partial charge in [0.2, 0.25) is 0 Å². The highest BCUT2D eigenvalue weighted by molar-refractivity contribution is 6.82. The smallest absolute Gasteiger partial charge is 0.178 e. The van der Waals surface area contributed by atoms with Crippen molar-refractivity contribution in [2.24, 2.45) is 0 Å². The van der Waals surface area contributed by atoms with Crippen molar-refractivity contribution in [2.45, 2.75) is 77.1 Å². The molecule has 1 aromatic heterocycles. The number of fused-ring (bicyclic) bond motifs is 1. The molecule has 0 bridgehead atoms. The highest BCUT2D eigenvalue weighted by atomic mass is 28.3. The molecule has 2 aromatic carbocycles. The molecule has 180 valence electrons. The molecule has 1 aliphatic rings. The van der Waals surface area contributed by atoms with Crippen molar-refractivity contribution >= 4 is 31.1 Å². The van der Waals surface area contributed by atoms with E-state index in [9.17, 15) is 0 Å². The highest BCUT2D eigenvalue weighted by Gasteiger charge is 2.53. The molecule has 4 nitrogen and oxygen atoms in total. The summed E-state index contributed by atoms with van der Waals surface area (Å²) in [6, 6.07) is 25.0. The highest BCUT2D eigenvalue weighted by Crippen LogP contribution is 2.57. The number of aromatic nitrogens is 2. The normalized spacial score (nSPS) is 14.4. The molecule has 0 radical (unpaired) electrons. The van der Waals surface area contributed by atoms with Crippen LogP contribution in [0.15, 0.2) is 66.9 Å². The van der Waals surface area contributed by atoms with Crippen LogP contribution < -0.4 is 9.80 Å². The number of hydrogen-bond donors (Lipinski definition) is 0. The lowest BCUT2D eigenvalue weighted by atomic mass is 9.77. The van der Waals surface area contributed by atoms with Crippen LogP contribution in [0.3, 0.4) is 0 Å². The molecular weight excluding hydrogens is 432 g/mol. The van der Waals surface area contributed by atoms with Crippen LogP contribution in [0.4, 0.5) is 23.0 Å². The molecule has 2 heterocycles. The van der Waals surface area contributed by atoms with E-state index in [1.165, 1.54) is 18.1 Å². The fraction of sp³-hybridized carbons (Fsp3) is 0.448. The Morgan fingerprint density at radius 2 is 1.21 bits per heavy atom. The first kappa shape index (κ1) is 24.5. The lowest BCUT2D eigenvalue weighted by molar-refractivity contribution is 0.360. The predicted molar refractivity (Wildman–Crippen MR) is 148 cm³/mol. The fourth-order valence-electron chi connectivity index (χ4n) is 6.00. The molecule has 0 amide bonds. The summed E-state index contributed by atoms with van der Waals surface area (Å²) in [6.07, 6.45) is 2.05. The van der Waals surface area contributed by atoms with E-state index in [-0.39, 0.29) is 10.5 Å². The Morgan fingerprint density at radius 3 is 1.68 bits per heavy atom. The first-order valence-electron chi connectivity index (χ1n) is 12.7. The van der Waals surface area contributed by atoms with Gasteiger partial charge in [0, 0.05) is 16.8 Å². The number of benzene rings is 2. The van der Waals surface area contributed by atoms with Gasteiger partial charge in [0.05, 0.1) is 20.0 Å². The maximum Gasteiger partial charge on any atom is 0.178 e. The Hall–Kier alpha value is -2.66. The topological polar surface area (TPSA) is 32.3 Å². The lowest BCUT2D eigenvalue weighted by Gasteiger charge is -2.53. The Kier molecular flexibility index (Phi) is 6.60. The number of nitrogens with zero attached hydrogens (tertiary/aromatic N) is 4. The molecule has 0 atom stereocenters. The standard InChI is InChI=1S/C29H40N4Si/c1-8-34(9-2,10-3)29(6,7)28(4,5)25-21-30-26-27(31-25)33(24-19-15-12-16-20-24)22-32(26)23-17-13-11-14-18-23/h11-21H,8-10,22H2,1-7H3. The largest absolute Gasteiger partial charge is 0.305 e. The van der Waals surface area contributed by atoms with Crippen LogP contribution in [0.1, 0.15) is 54.2 Å². The lowest BCUT2D eigenvalue weighted by Crippen LogP contribution is -2.52. The third-order valence-electron chi connectivity index (χ3n) is 9.22. The van der Waals surface area contributed by atoms with Crippen LogP contribution in [0, 0.1) is 0 Å². The molecule has 0 spiro atoms. The summed E-state index contributed by atoms with van der Waals surface area (Å²) in [7, 11) is -1.53. The molecule has 0 saturated heterocycles. The number of para-hydroxylation sites is 2. The molecule has 0 saturated carbocycles. The monoisotopic (exact) mass is 472 g/mol. The van der Waals surface area contributed by atoms with E-state index in [0.717, 1.165) is 28.7 Å². The first-order valence-corrected chi connectivity index (χ1v) is 15.4. The zero-order valence-corrected chi connectivity index (χ0v) is 23.0. The van der Waals surface area contributed by atoms with Crippen LogP contribution in [-0.2, 0) is 5.41 Å². The van der Waals surface area contributed by atoms with E-state index in [1.807, 2.05) is 6.20 Å². The Labute approximate surface area is 207 Å². The number of anilines is 4. The van der Waals surface area contributed by atoms with E-state index < -0.39 is 8.07 Å². The average Bonchev–Trinajstić information content (AvgIpc) is 3.25. The van der Waals surface area contributed by atoms with E-state index in [1.54, 1.807) is 0 Å². The zero-order valence-electron chi connectivity index (χ0n) is 22.0. The summed E-state index contributed by atoms with van der Waals surface area (Å²) < 4.78 is 0. The van der Waals surface area contributed by atoms with Gasteiger partial charge in [-0.15, -0.1) is 0 Å². The maximum atomic E-state index is 5.39. The third kappa shape index (κ3) is 3.74. The van der Waals surface area contributed by atoms with Gasteiger partial charge in [-0.3, -0.25) is 0 Å². The van der Waals surface area contributed by atoms with Gasteiger partial charge in [0.25, 0.3) is 0 Å². The van der Waals surface area contributed by atoms with Crippen molar-refractivity contribution in [3.8, 4) is 0 Å². The van der Waals surface area contributed by atoms with E-state index >= 15 is 0 Å². The van der Waals surface area contributed by atoms with Gasteiger partial charge in [0.15, 0.2) is 11.6 Å². The zero-order chi connectivity index (χ0) is 24.6. The first-order chi connectivity index (χ1) is 16.2. The second-order valence-corrected chi connectivity index (χ2v) is 16.6. The summed E-state index contributed by atoms with van der Waals surface area (Å²) in [5.74, 6) is 1.88. The van der Waals surface area contributed by atoms with Crippen molar-refractivity contribution in [3.05, 3.63) is 72.6 Å². The van der Waals surface area contributed by atoms with Crippen molar-refractivity contribution < 1.29 is 0 Å². The van der Waals surface area contributed by atoms with Gasteiger partial charge in [-0.05, 0) is 29.3 Å². The summed E-state index contributed by atoms with van der Waals surface area (Å²) in [5, 5.41) is 0.177. The molecule has 0 N–H and O–H groups in total. The van der Waals surface area contributed by atoms with Crippen LogP contribution >= 0.6 is 0 Å². The Bertz CT molecular complexity index is 1100. The third-order valence-corrected chi connectivity index (χ3v) is 16.6. The van der Waals surface area contributed by atoms with Gasteiger partial charge in [-0.25, -0.2) is 9.97 Å². The van der Waals surface area contributed by atoms with Crippen molar-refractivity contribution in [1.82, 2.24) is 9.97 Å². The van der Waals surface area contributed by atoms with Crippen LogP contribution in [0.5, 0.6) is 0 Å². The predicted octanol–water partition coefficient (Wildman–Crippen LogP) is 8.29. The molecule has 0 fully saturated rings. The summed E-state index contributed by atoms with van der Waals surface area (Å²) in [6.45, 7) is 17.7. The van der Waals surface area contributed by atoms with E-state index in [2.05, 4.69) is 119 Å². The second kappa shape index (κ2) is 9.18. The maximum absolute atomic E-state index is 5.39. The van der Waals surface area contributed by atoms with Gasteiger partial charge in [-0.1, -0.05) is 103 Å². The molecule has 0 aliphatic carbocycles. The molecule has 4 rings (SSSR count). The van der Waals surface area contributed by atoms with E-state index in [4.69, 9.17) is 9.97 Å². The minimum absolute atomic E-state index is 0.0915. The Balaban J connectivity index is 1.84. The van der Waals surface area contributed by atoms with Crippen LogP contribution in [0.2, 0.25) is 23.2 Å². The number of rotatable bonds is 8. The van der Waals surface area contributed by atoms with Crippen LogP contribution in [0.25, 0.3) is 0 Å². The second-order valence-electron chi connectivity index (χ2n) is 10.7. The molecule has 3 aromatic rings. The summed E-state index contributed by atoms with van der Waals surface area (Å²) in [5.41, 5.74) is 3.29. The summed E-state index contributed by atoms with van der Waals surface area (Å²) in [4.78, 5) is 15.0. The number of hydrogen-bond acceptors (Lipinski definition) is 4. The molecule has 1 aliphatic heterocycles. The fourth-order valence-corrected chi connectivity index (χ4v) is 11.6. The average molecular weight is 473 g/mol. The van der Waals surface area contributed by atoms with Crippen molar-refractivity contribution in [3.63, 3.8) is 0 Å². The van der Waals surface area contributed by atoms with Gasteiger partial charge in [0.1, 0.15) is 6.67 Å². The van der Waals surface area contributed by atoms with Crippen molar-refractivity contribution in [2.75, 3.05) is 16.5 Å². The van der Waals surface area contributed by atoms with Crippen LogP contribution in [-0.4, -0.2) is 24.7 Å². The molecule has 5 heteroatoms. The minimum Gasteiger partial charge on any atom is -0.305 e. The van der Waals surface area contributed by atoms with Gasteiger partial charge < -0.3 is 9.80 Å². The molecular formula is C29H40N4Si.